The third kappa shape index (κ3) is 4.97. The number of nitrogens with zero attached hydrogens (tertiary/aromatic N) is 3. The molecule has 0 bridgehead atoms. The quantitative estimate of drug-likeness (QED) is 0.331. The number of rotatable bonds is 4. The third-order valence-electron chi connectivity index (χ3n) is 4.08. The molecule has 0 fully saturated rings. The minimum Gasteiger partial charge on any atom is -0.477 e. The molecular formula is C19H12Cl2F2N3O2Pt-. The van der Waals surface area contributed by atoms with E-state index in [-0.39, 0.29) is 48.1 Å². The number of aromatic nitrogens is 3. The van der Waals surface area contributed by atoms with Crippen LogP contribution in [0.2, 0.25) is 10.0 Å². The molecule has 3 aromatic rings. The minimum absolute atomic E-state index is 0. The van der Waals surface area contributed by atoms with E-state index in [0.29, 0.717) is 11.4 Å². The molecule has 0 aliphatic heterocycles. The van der Waals surface area contributed by atoms with E-state index in [1.165, 1.54) is 18.2 Å². The van der Waals surface area contributed by atoms with Gasteiger partial charge in [0, 0.05) is 42.2 Å². The largest absolute Gasteiger partial charge is 0.477 e. The van der Waals surface area contributed by atoms with E-state index in [4.69, 9.17) is 23.2 Å². The van der Waals surface area contributed by atoms with Crippen molar-refractivity contribution in [3.05, 3.63) is 75.4 Å². The molecule has 0 saturated carbocycles. The molecule has 3 aromatic heterocycles. The van der Waals surface area contributed by atoms with Gasteiger partial charge in [-0.1, -0.05) is 40.9 Å². The van der Waals surface area contributed by atoms with E-state index in [2.05, 4.69) is 21.0 Å². The van der Waals surface area contributed by atoms with Gasteiger partial charge in [0.15, 0.2) is 0 Å². The average molecular weight is 618 g/mol. The van der Waals surface area contributed by atoms with Crippen molar-refractivity contribution in [2.24, 2.45) is 0 Å². The zero-order valence-electron chi connectivity index (χ0n) is 14.9. The maximum Gasteiger partial charge on any atom is 0.354 e. The fourth-order valence-electron chi connectivity index (χ4n) is 2.56. The van der Waals surface area contributed by atoms with Crippen molar-refractivity contribution in [1.29, 1.82) is 0 Å². The topological polar surface area (TPSA) is 76.0 Å². The van der Waals surface area contributed by atoms with Gasteiger partial charge in [0.2, 0.25) is 0 Å². The van der Waals surface area contributed by atoms with E-state index in [1.807, 2.05) is 0 Å². The van der Waals surface area contributed by atoms with Gasteiger partial charge in [-0.15, -0.1) is 6.07 Å². The first kappa shape index (κ1) is 23.3. The predicted molar refractivity (Wildman–Crippen MR) is 99.6 cm³/mol. The molecule has 0 saturated heterocycles. The number of pyridine rings is 3. The van der Waals surface area contributed by atoms with E-state index < -0.39 is 23.3 Å². The molecule has 0 amide bonds. The Morgan fingerprint density at radius 3 is 2.21 bits per heavy atom. The molecule has 0 aromatic carbocycles. The molecule has 3 heterocycles. The Morgan fingerprint density at radius 2 is 1.62 bits per heavy atom. The first-order valence-electron chi connectivity index (χ1n) is 7.91. The fourth-order valence-corrected chi connectivity index (χ4v) is 2.97. The molecule has 0 unspecified atom stereocenters. The summed E-state index contributed by atoms with van der Waals surface area (Å²) in [5.74, 6) is -3.31. The number of carbonyl (C=O) groups is 1. The van der Waals surface area contributed by atoms with E-state index in [0.717, 1.165) is 6.07 Å². The van der Waals surface area contributed by atoms with Crippen molar-refractivity contribution >= 4 is 29.2 Å². The van der Waals surface area contributed by atoms with Crippen LogP contribution in [0, 0.1) is 18.0 Å². The maximum atomic E-state index is 14.1. The molecular weight excluding hydrogens is 606 g/mol. The summed E-state index contributed by atoms with van der Waals surface area (Å²) in [7, 11) is 0. The molecule has 0 spiro atoms. The predicted octanol–water partition coefficient (Wildman–Crippen LogP) is 4.95. The SMILES string of the molecule is CC(C)(c1cc(Cl)cc(C(=O)O)n1)c1cc(Cl)cc(-c2[c-]cc(F)nc2F)n1.[Pt]. The molecule has 5 nitrogen and oxygen atoms in total. The van der Waals surface area contributed by atoms with Crippen LogP contribution in [0.4, 0.5) is 8.78 Å². The minimum atomic E-state index is -1.23. The van der Waals surface area contributed by atoms with Gasteiger partial charge in [-0.3, -0.25) is 4.98 Å². The van der Waals surface area contributed by atoms with E-state index >= 15 is 0 Å². The van der Waals surface area contributed by atoms with Crippen molar-refractivity contribution in [1.82, 2.24) is 15.0 Å². The van der Waals surface area contributed by atoms with Crippen LogP contribution in [-0.2, 0) is 26.5 Å². The molecule has 0 aliphatic carbocycles. The summed E-state index contributed by atoms with van der Waals surface area (Å²) < 4.78 is 27.1. The van der Waals surface area contributed by atoms with Crippen molar-refractivity contribution in [2.75, 3.05) is 0 Å². The Hall–Kier alpha value is -1.95. The number of hydrogen-bond donors (Lipinski definition) is 1. The summed E-state index contributed by atoms with van der Waals surface area (Å²) in [4.78, 5) is 22.9. The van der Waals surface area contributed by atoms with Gasteiger partial charge in [-0.2, -0.15) is 0 Å². The summed E-state index contributed by atoms with van der Waals surface area (Å²) in [6, 6.07) is 9.03. The summed E-state index contributed by atoms with van der Waals surface area (Å²) >= 11 is 12.2. The molecule has 0 radical (unpaired) electrons. The number of carboxylic acid groups (broad SMARTS) is 1. The zero-order chi connectivity index (χ0) is 20.6. The molecule has 10 heteroatoms. The summed E-state index contributed by atoms with van der Waals surface area (Å²) in [6.45, 7) is 3.48. The smallest absolute Gasteiger partial charge is 0.354 e. The zero-order valence-corrected chi connectivity index (χ0v) is 18.7. The van der Waals surface area contributed by atoms with Crippen LogP contribution in [-0.4, -0.2) is 26.0 Å². The van der Waals surface area contributed by atoms with Gasteiger partial charge in [-0.05, 0) is 37.7 Å². The number of hydrogen-bond acceptors (Lipinski definition) is 4. The van der Waals surface area contributed by atoms with Crippen molar-refractivity contribution in [3.8, 4) is 11.3 Å². The second-order valence-electron chi connectivity index (χ2n) is 6.43. The number of halogens is 4. The van der Waals surface area contributed by atoms with E-state index in [9.17, 15) is 18.7 Å². The molecule has 154 valence electrons. The average Bonchev–Trinajstić information content (AvgIpc) is 2.60. The normalized spacial score (nSPS) is 11.1. The van der Waals surface area contributed by atoms with Crippen LogP contribution in [0.15, 0.2) is 30.3 Å². The van der Waals surface area contributed by atoms with Crippen LogP contribution in [0.25, 0.3) is 11.3 Å². The standard InChI is InChI=1S/C19H12Cl2F2N3O2.Pt/c1-19(2,15-8-10(21)6-13(25-15)18(27)28)14-7-9(20)5-12(24-14)11-3-4-16(22)26-17(11)23;/h4-8H,1-2H3,(H,27,28);/q-1;. The third-order valence-corrected chi connectivity index (χ3v) is 4.52. The molecule has 3 rings (SSSR count). The Bertz CT molecular complexity index is 1100. The molecule has 29 heavy (non-hydrogen) atoms. The van der Waals surface area contributed by atoms with Gasteiger partial charge in [0.05, 0.1) is 5.69 Å². The maximum absolute atomic E-state index is 14.1. The van der Waals surface area contributed by atoms with Crippen LogP contribution < -0.4 is 0 Å². The van der Waals surface area contributed by atoms with Crippen LogP contribution in [0.5, 0.6) is 0 Å². The van der Waals surface area contributed by atoms with Gasteiger partial charge >= 0.3 is 5.97 Å². The van der Waals surface area contributed by atoms with Crippen LogP contribution >= 0.6 is 23.2 Å². The van der Waals surface area contributed by atoms with Crippen molar-refractivity contribution in [2.45, 2.75) is 19.3 Å². The van der Waals surface area contributed by atoms with Crippen LogP contribution in [0.1, 0.15) is 35.7 Å². The Morgan fingerprint density at radius 1 is 1.03 bits per heavy atom. The van der Waals surface area contributed by atoms with Gasteiger partial charge in [-0.25, -0.2) is 18.6 Å². The summed E-state index contributed by atoms with van der Waals surface area (Å²) in [5, 5.41) is 9.65. The monoisotopic (exact) mass is 617 g/mol. The first-order valence-corrected chi connectivity index (χ1v) is 8.67. The Kier molecular flexibility index (Phi) is 7.09. The van der Waals surface area contributed by atoms with Crippen LogP contribution in [0.3, 0.4) is 0 Å². The summed E-state index contributed by atoms with van der Waals surface area (Å²) in [5.41, 5.74) is -0.496. The van der Waals surface area contributed by atoms with Gasteiger partial charge in [0.25, 0.3) is 0 Å². The first-order chi connectivity index (χ1) is 13.1. The van der Waals surface area contributed by atoms with Crippen molar-refractivity contribution < 1.29 is 39.7 Å². The van der Waals surface area contributed by atoms with Gasteiger partial charge in [0.1, 0.15) is 17.6 Å². The molecule has 0 atom stereocenters. The number of aromatic carboxylic acids is 1. The molecule has 0 aliphatic rings. The van der Waals surface area contributed by atoms with Gasteiger partial charge < -0.3 is 10.1 Å². The van der Waals surface area contributed by atoms with Crippen molar-refractivity contribution in [3.63, 3.8) is 0 Å². The second-order valence-corrected chi connectivity index (χ2v) is 7.30. The van der Waals surface area contributed by atoms with E-state index in [1.54, 1.807) is 19.9 Å². The second kappa shape index (κ2) is 8.82. The Labute approximate surface area is 189 Å². The Balaban J connectivity index is 0.00000300. The molecule has 1 N–H and O–H groups in total. The summed E-state index contributed by atoms with van der Waals surface area (Å²) in [6.07, 6.45) is 0. The fraction of sp³-hybridized carbons (Fsp3) is 0.158. The number of carboxylic acids is 1.